The molecule has 0 bridgehead atoms. The lowest BCUT2D eigenvalue weighted by Crippen LogP contribution is -2.28. The molecular formula is C18H15F3N2O5S. The number of para-hydroxylation sites is 1. The van der Waals surface area contributed by atoms with Gasteiger partial charge in [0.2, 0.25) is 11.8 Å². The summed E-state index contributed by atoms with van der Waals surface area (Å²) in [5.41, 5.74) is 0.687. The first-order valence-corrected chi connectivity index (χ1v) is 9.83. The number of likely N-dealkylation sites (tertiary alicyclic amines) is 1. The number of anilines is 1. The second-order valence-corrected chi connectivity index (χ2v) is 7.82. The normalized spacial score (nSPS) is 14.9. The second kappa shape index (κ2) is 7.74. The molecule has 1 heterocycles. The molecule has 0 radical (unpaired) electrons. The number of amides is 2. The summed E-state index contributed by atoms with van der Waals surface area (Å²) in [5.74, 6) is -1.41. The zero-order chi connectivity index (χ0) is 21.2. The number of nitrogens with zero attached hydrogens (tertiary/aromatic N) is 1. The van der Waals surface area contributed by atoms with Crippen LogP contribution in [0, 0.1) is 0 Å². The van der Waals surface area contributed by atoms with Crippen LogP contribution in [0.15, 0.2) is 53.4 Å². The van der Waals surface area contributed by atoms with Crippen LogP contribution in [0.2, 0.25) is 0 Å². The van der Waals surface area contributed by atoms with Crippen LogP contribution < -0.4 is 9.46 Å². The number of hydrogen-bond acceptors (Lipinski definition) is 5. The molecule has 2 aromatic carbocycles. The van der Waals surface area contributed by atoms with Crippen molar-refractivity contribution >= 4 is 27.5 Å². The number of imide groups is 1. The molecule has 1 fully saturated rings. The molecule has 0 aromatic heterocycles. The summed E-state index contributed by atoms with van der Waals surface area (Å²) in [4.78, 5) is 23.7. The van der Waals surface area contributed by atoms with E-state index in [9.17, 15) is 31.2 Å². The van der Waals surface area contributed by atoms with Gasteiger partial charge in [-0.3, -0.25) is 19.2 Å². The van der Waals surface area contributed by atoms with Crippen molar-refractivity contribution in [2.24, 2.45) is 0 Å². The van der Waals surface area contributed by atoms with Gasteiger partial charge in [0.15, 0.2) is 0 Å². The Morgan fingerprint density at radius 3 is 2.14 bits per heavy atom. The molecule has 1 aliphatic heterocycles. The molecule has 29 heavy (non-hydrogen) atoms. The van der Waals surface area contributed by atoms with Gasteiger partial charge in [0, 0.05) is 18.5 Å². The summed E-state index contributed by atoms with van der Waals surface area (Å²) < 4.78 is 68.5. The number of benzene rings is 2. The maximum absolute atomic E-state index is 12.5. The SMILES string of the molecule is O=C1CCC(=O)N1Cc1ccc(NS(=O)(=O)c2ccccc2OC(F)(F)F)cc1. The van der Waals surface area contributed by atoms with Gasteiger partial charge in [-0.15, -0.1) is 13.2 Å². The molecule has 0 atom stereocenters. The minimum absolute atomic E-state index is 0.0625. The Morgan fingerprint density at radius 2 is 1.55 bits per heavy atom. The van der Waals surface area contributed by atoms with Crippen molar-refractivity contribution in [3.8, 4) is 5.75 Å². The quantitative estimate of drug-likeness (QED) is 0.714. The maximum atomic E-state index is 12.5. The zero-order valence-corrected chi connectivity index (χ0v) is 15.6. The highest BCUT2D eigenvalue weighted by Crippen LogP contribution is 2.30. The number of carbonyl (C=O) groups excluding carboxylic acids is 2. The van der Waals surface area contributed by atoms with Gasteiger partial charge in [-0.2, -0.15) is 0 Å². The molecule has 0 spiro atoms. The third-order valence-electron chi connectivity index (χ3n) is 4.07. The Kier molecular flexibility index (Phi) is 5.51. The van der Waals surface area contributed by atoms with Crippen molar-refractivity contribution in [3.05, 3.63) is 54.1 Å². The summed E-state index contributed by atoms with van der Waals surface area (Å²) in [7, 11) is -4.36. The highest BCUT2D eigenvalue weighted by Gasteiger charge is 2.34. The van der Waals surface area contributed by atoms with Gasteiger partial charge >= 0.3 is 6.36 Å². The number of halogens is 3. The molecule has 0 saturated carbocycles. The number of sulfonamides is 1. The Bertz CT molecular complexity index is 1020. The Labute approximate surface area is 164 Å². The largest absolute Gasteiger partial charge is 0.573 e. The van der Waals surface area contributed by atoms with E-state index in [-0.39, 0.29) is 36.9 Å². The van der Waals surface area contributed by atoms with Gasteiger partial charge in [-0.1, -0.05) is 24.3 Å². The van der Waals surface area contributed by atoms with E-state index in [1.807, 2.05) is 0 Å². The van der Waals surface area contributed by atoms with Crippen LogP contribution in [0.4, 0.5) is 18.9 Å². The lowest BCUT2D eigenvalue weighted by Gasteiger charge is -2.15. The van der Waals surface area contributed by atoms with Gasteiger partial charge in [0.05, 0.1) is 6.54 Å². The van der Waals surface area contributed by atoms with Gasteiger partial charge in [-0.05, 0) is 29.8 Å². The van der Waals surface area contributed by atoms with Crippen LogP contribution in [0.3, 0.4) is 0 Å². The summed E-state index contributed by atoms with van der Waals surface area (Å²) >= 11 is 0. The lowest BCUT2D eigenvalue weighted by atomic mass is 10.2. The van der Waals surface area contributed by atoms with Crippen LogP contribution in [0.1, 0.15) is 18.4 Å². The summed E-state index contributed by atoms with van der Waals surface area (Å²) in [6.45, 7) is 0.0625. The van der Waals surface area contributed by atoms with Crippen molar-refractivity contribution in [3.63, 3.8) is 0 Å². The molecule has 1 saturated heterocycles. The van der Waals surface area contributed by atoms with E-state index >= 15 is 0 Å². The Morgan fingerprint density at radius 1 is 0.966 bits per heavy atom. The van der Waals surface area contributed by atoms with Gasteiger partial charge in [0.25, 0.3) is 10.0 Å². The fraction of sp³-hybridized carbons (Fsp3) is 0.222. The van der Waals surface area contributed by atoms with Crippen molar-refractivity contribution in [2.45, 2.75) is 30.6 Å². The average Bonchev–Trinajstić information content (AvgIpc) is 2.94. The first-order valence-electron chi connectivity index (χ1n) is 8.35. The molecular weight excluding hydrogens is 413 g/mol. The molecule has 2 amide bonds. The molecule has 3 rings (SSSR count). The van der Waals surface area contributed by atoms with E-state index in [0.717, 1.165) is 17.0 Å². The van der Waals surface area contributed by atoms with E-state index in [2.05, 4.69) is 9.46 Å². The molecule has 154 valence electrons. The molecule has 11 heteroatoms. The maximum Gasteiger partial charge on any atom is 0.573 e. The smallest absolute Gasteiger partial charge is 0.404 e. The third-order valence-corrected chi connectivity index (χ3v) is 5.49. The Hall–Kier alpha value is -3.08. The highest BCUT2D eigenvalue weighted by molar-refractivity contribution is 7.92. The van der Waals surface area contributed by atoms with Crippen molar-refractivity contribution in [1.29, 1.82) is 0 Å². The second-order valence-electron chi connectivity index (χ2n) is 6.17. The summed E-state index contributed by atoms with van der Waals surface area (Å²) in [5, 5.41) is 0. The van der Waals surface area contributed by atoms with E-state index in [0.29, 0.717) is 5.56 Å². The Balaban J connectivity index is 1.76. The van der Waals surface area contributed by atoms with Crippen LogP contribution in [-0.2, 0) is 26.2 Å². The van der Waals surface area contributed by atoms with Crippen LogP contribution in [-0.4, -0.2) is 31.5 Å². The molecule has 0 aliphatic carbocycles. The first kappa shape index (κ1) is 20.6. The fourth-order valence-corrected chi connectivity index (χ4v) is 3.94. The average molecular weight is 428 g/mol. The topological polar surface area (TPSA) is 92.8 Å². The lowest BCUT2D eigenvalue weighted by molar-refractivity contribution is -0.275. The highest BCUT2D eigenvalue weighted by atomic mass is 32.2. The third kappa shape index (κ3) is 5.05. The number of carbonyl (C=O) groups is 2. The van der Waals surface area contributed by atoms with Crippen molar-refractivity contribution < 1.29 is 35.9 Å². The van der Waals surface area contributed by atoms with Gasteiger partial charge < -0.3 is 4.74 Å². The number of ether oxygens (including phenoxy) is 1. The van der Waals surface area contributed by atoms with Crippen molar-refractivity contribution in [1.82, 2.24) is 4.90 Å². The number of nitrogens with one attached hydrogen (secondary N) is 1. The standard InChI is InChI=1S/C18H15F3N2O5S/c19-18(20,21)28-14-3-1-2-4-15(14)29(26,27)22-13-7-5-12(6-8-13)11-23-16(24)9-10-17(23)25/h1-8,22H,9-11H2. The van der Waals surface area contributed by atoms with Crippen LogP contribution >= 0.6 is 0 Å². The fourth-order valence-electron chi connectivity index (χ4n) is 2.75. The van der Waals surface area contributed by atoms with Crippen LogP contribution in [0.25, 0.3) is 0 Å². The molecule has 0 unspecified atom stereocenters. The van der Waals surface area contributed by atoms with E-state index in [1.165, 1.54) is 36.4 Å². The number of alkyl halides is 3. The first-order chi connectivity index (χ1) is 13.5. The molecule has 1 aliphatic rings. The monoisotopic (exact) mass is 428 g/mol. The predicted octanol–water partition coefficient (Wildman–Crippen LogP) is 3.04. The minimum Gasteiger partial charge on any atom is -0.404 e. The molecule has 7 nitrogen and oxygen atoms in total. The van der Waals surface area contributed by atoms with E-state index < -0.39 is 27.0 Å². The summed E-state index contributed by atoms with van der Waals surface area (Å²) in [6.07, 6.45) is -4.72. The minimum atomic E-state index is -5.04. The number of hydrogen-bond donors (Lipinski definition) is 1. The molecule has 1 N–H and O–H groups in total. The zero-order valence-electron chi connectivity index (χ0n) is 14.8. The van der Waals surface area contributed by atoms with E-state index in [4.69, 9.17) is 0 Å². The van der Waals surface area contributed by atoms with E-state index in [1.54, 1.807) is 0 Å². The summed E-state index contributed by atoms with van der Waals surface area (Å²) in [6, 6.07) is 10.2. The van der Waals surface area contributed by atoms with Crippen LogP contribution in [0.5, 0.6) is 5.75 Å². The van der Waals surface area contributed by atoms with Crippen molar-refractivity contribution in [2.75, 3.05) is 4.72 Å². The van der Waals surface area contributed by atoms with Gasteiger partial charge in [0.1, 0.15) is 10.6 Å². The predicted molar refractivity (Wildman–Crippen MR) is 95.2 cm³/mol. The molecule has 2 aromatic rings. The number of rotatable bonds is 6. The van der Waals surface area contributed by atoms with Gasteiger partial charge in [-0.25, -0.2) is 8.42 Å².